The second-order valence-corrected chi connectivity index (χ2v) is 8.51. The van der Waals surface area contributed by atoms with Crippen LogP contribution in [0.5, 0.6) is 0 Å². The maximum absolute atomic E-state index is 13.7. The molecule has 162 valence electrons. The van der Waals surface area contributed by atoms with E-state index >= 15 is 0 Å². The fourth-order valence-corrected chi connectivity index (χ4v) is 5.38. The summed E-state index contributed by atoms with van der Waals surface area (Å²) >= 11 is 0. The second kappa shape index (κ2) is 7.45. The van der Waals surface area contributed by atoms with Crippen LogP contribution in [0.3, 0.4) is 0 Å². The average molecular weight is 435 g/mol. The summed E-state index contributed by atoms with van der Waals surface area (Å²) in [4.78, 5) is 44.2. The van der Waals surface area contributed by atoms with Crippen molar-refractivity contribution in [3.63, 3.8) is 0 Å². The molecule has 6 nitrogen and oxygen atoms in total. The maximum Gasteiger partial charge on any atom is 0.247 e. The van der Waals surface area contributed by atoms with E-state index in [0.717, 1.165) is 11.3 Å². The normalized spacial score (nSPS) is 25.0. The number of carbonyl (C=O) groups is 3. The zero-order valence-corrected chi connectivity index (χ0v) is 17.7. The Kier molecular flexibility index (Phi) is 4.40. The molecule has 0 bridgehead atoms. The van der Waals surface area contributed by atoms with Gasteiger partial charge in [-0.15, -0.1) is 0 Å². The van der Waals surface area contributed by atoms with Crippen LogP contribution in [0.1, 0.15) is 5.56 Å². The van der Waals surface area contributed by atoms with E-state index in [1.165, 1.54) is 4.90 Å². The molecular weight excluding hydrogens is 414 g/mol. The van der Waals surface area contributed by atoms with Gasteiger partial charge in [0.1, 0.15) is 6.04 Å². The van der Waals surface area contributed by atoms with Crippen molar-refractivity contribution < 1.29 is 14.4 Å². The Labute approximate surface area is 191 Å². The number of para-hydroxylation sites is 3. The van der Waals surface area contributed by atoms with Crippen molar-refractivity contribution in [3.8, 4) is 0 Å². The number of fused-ring (bicyclic) bond motifs is 5. The molecule has 0 aromatic heterocycles. The summed E-state index contributed by atoms with van der Waals surface area (Å²) in [5.74, 6) is -2.29. The molecule has 0 aliphatic carbocycles. The number of carbonyl (C=O) groups excluding carboxylic acids is 3. The zero-order valence-electron chi connectivity index (χ0n) is 17.7. The summed E-state index contributed by atoms with van der Waals surface area (Å²) in [6.45, 7) is 0. The Morgan fingerprint density at radius 3 is 2.15 bits per heavy atom. The largest absolute Gasteiger partial charge is 0.351 e. The highest BCUT2D eigenvalue weighted by atomic mass is 16.2. The number of hydrogen-bond donors (Lipinski definition) is 1. The van der Waals surface area contributed by atoms with E-state index in [4.69, 9.17) is 0 Å². The molecule has 0 unspecified atom stereocenters. The van der Waals surface area contributed by atoms with E-state index in [2.05, 4.69) is 5.32 Å². The lowest BCUT2D eigenvalue weighted by atomic mass is 9.88. The summed E-state index contributed by atoms with van der Waals surface area (Å²) in [5, 5.41) is 2.96. The summed E-state index contributed by atoms with van der Waals surface area (Å²) in [6, 6.07) is 24.7. The van der Waals surface area contributed by atoms with Crippen LogP contribution in [-0.2, 0) is 14.4 Å². The van der Waals surface area contributed by atoms with Gasteiger partial charge in [0.2, 0.25) is 17.7 Å². The molecule has 3 heterocycles. The fraction of sp³-hybridized carbons (Fsp3) is 0.148. The first-order valence-electron chi connectivity index (χ1n) is 11.0. The molecule has 3 aliphatic heterocycles. The van der Waals surface area contributed by atoms with E-state index in [1.807, 2.05) is 77.7 Å². The Morgan fingerprint density at radius 2 is 1.39 bits per heavy atom. The van der Waals surface area contributed by atoms with E-state index < -0.39 is 17.9 Å². The highest BCUT2D eigenvalue weighted by Gasteiger charge is 2.64. The molecule has 4 atom stereocenters. The van der Waals surface area contributed by atoms with Gasteiger partial charge in [0.05, 0.1) is 23.6 Å². The van der Waals surface area contributed by atoms with E-state index in [-0.39, 0.29) is 23.8 Å². The number of amides is 3. The quantitative estimate of drug-likeness (QED) is 0.637. The van der Waals surface area contributed by atoms with Crippen LogP contribution in [0, 0.1) is 11.8 Å². The number of hydrogen-bond acceptors (Lipinski definition) is 4. The van der Waals surface area contributed by atoms with Gasteiger partial charge in [-0.1, -0.05) is 66.7 Å². The van der Waals surface area contributed by atoms with Crippen molar-refractivity contribution in [1.29, 1.82) is 0 Å². The van der Waals surface area contributed by atoms with Crippen LogP contribution in [0.25, 0.3) is 6.08 Å². The topological polar surface area (TPSA) is 69.7 Å². The molecule has 3 aromatic rings. The number of imide groups is 1. The molecule has 0 radical (unpaired) electrons. The van der Waals surface area contributed by atoms with Crippen molar-refractivity contribution in [2.75, 3.05) is 15.1 Å². The summed E-state index contributed by atoms with van der Waals surface area (Å²) < 4.78 is 0. The van der Waals surface area contributed by atoms with Gasteiger partial charge in [0.25, 0.3) is 0 Å². The molecule has 6 rings (SSSR count). The molecule has 0 spiro atoms. The van der Waals surface area contributed by atoms with Gasteiger partial charge in [0, 0.05) is 11.4 Å². The molecule has 0 saturated carbocycles. The highest BCUT2D eigenvalue weighted by Crippen LogP contribution is 2.49. The Morgan fingerprint density at radius 1 is 0.758 bits per heavy atom. The van der Waals surface area contributed by atoms with E-state index in [0.29, 0.717) is 11.4 Å². The van der Waals surface area contributed by atoms with Gasteiger partial charge in [-0.2, -0.15) is 0 Å². The van der Waals surface area contributed by atoms with Crippen LogP contribution in [-0.4, -0.2) is 29.8 Å². The first kappa shape index (κ1) is 19.5. The van der Waals surface area contributed by atoms with Crippen LogP contribution in [0.4, 0.5) is 17.1 Å². The second-order valence-electron chi connectivity index (χ2n) is 8.51. The summed E-state index contributed by atoms with van der Waals surface area (Å²) in [5.41, 5.74) is 3.02. The van der Waals surface area contributed by atoms with Gasteiger partial charge < -0.3 is 10.2 Å². The predicted molar refractivity (Wildman–Crippen MR) is 127 cm³/mol. The van der Waals surface area contributed by atoms with Gasteiger partial charge in [0.15, 0.2) is 0 Å². The van der Waals surface area contributed by atoms with Crippen molar-refractivity contribution in [3.05, 3.63) is 96.6 Å². The molecule has 3 amide bonds. The lowest BCUT2D eigenvalue weighted by Crippen LogP contribution is -2.50. The average Bonchev–Trinajstić information content (AvgIpc) is 3.33. The van der Waals surface area contributed by atoms with Crippen molar-refractivity contribution in [1.82, 2.24) is 0 Å². The molecule has 3 aliphatic rings. The maximum atomic E-state index is 13.7. The minimum atomic E-state index is -0.809. The smallest absolute Gasteiger partial charge is 0.247 e. The number of anilines is 3. The fourth-order valence-electron chi connectivity index (χ4n) is 5.38. The number of benzene rings is 3. The minimum absolute atomic E-state index is 0.259. The van der Waals surface area contributed by atoms with Gasteiger partial charge in [-0.3, -0.25) is 14.4 Å². The lowest BCUT2D eigenvalue weighted by molar-refractivity contribution is -0.126. The Bertz CT molecular complexity index is 1290. The number of rotatable bonds is 3. The molecule has 3 aromatic carbocycles. The summed E-state index contributed by atoms with van der Waals surface area (Å²) in [6.07, 6.45) is 3.93. The number of nitrogens with one attached hydrogen (secondary N) is 1. The highest BCUT2D eigenvalue weighted by molar-refractivity contribution is 6.25. The Hall–Kier alpha value is -4.19. The third-order valence-electron chi connectivity index (χ3n) is 6.74. The Balaban J connectivity index is 1.45. The minimum Gasteiger partial charge on any atom is -0.351 e. The molecule has 2 saturated heterocycles. The molecular formula is C27H21N3O3. The third-order valence-corrected chi connectivity index (χ3v) is 6.74. The summed E-state index contributed by atoms with van der Waals surface area (Å²) in [7, 11) is 0. The molecule has 1 N–H and O–H groups in total. The molecule has 6 heteroatoms. The van der Waals surface area contributed by atoms with Crippen LogP contribution in [0.15, 0.2) is 91.0 Å². The molecule has 2 fully saturated rings. The zero-order chi connectivity index (χ0) is 22.5. The first-order chi connectivity index (χ1) is 16.1. The van der Waals surface area contributed by atoms with Crippen molar-refractivity contribution >= 4 is 40.9 Å². The van der Waals surface area contributed by atoms with E-state index in [9.17, 15) is 14.4 Å². The first-order valence-corrected chi connectivity index (χ1v) is 11.0. The third kappa shape index (κ3) is 2.91. The van der Waals surface area contributed by atoms with Crippen molar-refractivity contribution in [2.24, 2.45) is 11.8 Å². The van der Waals surface area contributed by atoms with Crippen LogP contribution >= 0.6 is 0 Å². The van der Waals surface area contributed by atoms with Gasteiger partial charge >= 0.3 is 0 Å². The van der Waals surface area contributed by atoms with E-state index in [1.54, 1.807) is 24.3 Å². The monoisotopic (exact) mass is 435 g/mol. The van der Waals surface area contributed by atoms with Gasteiger partial charge in [-0.25, -0.2) is 4.90 Å². The SMILES string of the molecule is O=C(Nc1ccccc1)[C@H]1[C@H]2C(=O)N(c3ccccc3)C(=O)[C@H]2[C@@H]2C=Cc3ccccc3N21. The van der Waals surface area contributed by atoms with Crippen LogP contribution < -0.4 is 15.1 Å². The van der Waals surface area contributed by atoms with Gasteiger partial charge in [-0.05, 0) is 35.9 Å². The number of nitrogens with zero attached hydrogens (tertiary/aromatic N) is 2. The van der Waals surface area contributed by atoms with Crippen molar-refractivity contribution in [2.45, 2.75) is 12.1 Å². The molecule has 33 heavy (non-hydrogen) atoms. The standard InChI is InChI=1S/C27H21N3O3/c31-25(28-18-10-3-1-4-11-18)24-23-22(21-16-15-17-9-7-8-14-20(17)30(21)24)26(32)29(27(23)33)19-12-5-2-6-13-19/h1-16,21-24H,(H,28,31)/t21-,22-,23-,24+/m0/s1. The predicted octanol–water partition coefficient (Wildman–Crippen LogP) is 3.72. The lowest BCUT2D eigenvalue weighted by Gasteiger charge is -2.36. The van der Waals surface area contributed by atoms with Crippen LogP contribution in [0.2, 0.25) is 0 Å².